The lowest BCUT2D eigenvalue weighted by Gasteiger charge is -2.37. The molecule has 10 heteroatoms. The molecule has 0 spiro atoms. The Balaban J connectivity index is 0.00000288. The molecule has 0 aliphatic carbocycles. The highest BCUT2D eigenvalue weighted by molar-refractivity contribution is 7.89. The van der Waals surface area contributed by atoms with Gasteiger partial charge in [0, 0.05) is 18.6 Å². The Morgan fingerprint density at radius 3 is 2.50 bits per heavy atom. The van der Waals surface area contributed by atoms with Gasteiger partial charge in [0.15, 0.2) is 0 Å². The van der Waals surface area contributed by atoms with Crippen molar-refractivity contribution >= 4 is 22.4 Å². The van der Waals surface area contributed by atoms with Crippen LogP contribution in [0.2, 0.25) is 0 Å². The first-order valence-corrected chi connectivity index (χ1v) is 8.69. The average Bonchev–Trinajstić information content (AvgIpc) is 2.46. The zero-order valence-corrected chi connectivity index (χ0v) is 14.6. The summed E-state index contributed by atoms with van der Waals surface area (Å²) < 4.78 is 68.2. The third-order valence-electron chi connectivity index (χ3n) is 3.77. The van der Waals surface area contributed by atoms with Crippen LogP contribution in [0.3, 0.4) is 0 Å². The van der Waals surface area contributed by atoms with E-state index in [1.165, 1.54) is 16.4 Å². The predicted octanol–water partition coefficient (Wildman–Crippen LogP) is 2.90. The van der Waals surface area contributed by atoms with Crippen molar-refractivity contribution in [3.05, 3.63) is 24.3 Å². The third kappa shape index (κ3) is 4.75. The highest BCUT2D eigenvalue weighted by atomic mass is 35.5. The fourth-order valence-electron chi connectivity index (χ4n) is 2.75. The van der Waals surface area contributed by atoms with Crippen molar-refractivity contribution < 1.29 is 26.3 Å². The van der Waals surface area contributed by atoms with Crippen LogP contribution in [0.25, 0.3) is 0 Å². The summed E-state index contributed by atoms with van der Waals surface area (Å²) in [6.45, 7) is 1.92. The number of alkyl halides is 3. The van der Waals surface area contributed by atoms with E-state index in [0.29, 0.717) is 12.8 Å². The van der Waals surface area contributed by atoms with E-state index in [1.807, 2.05) is 0 Å². The second kappa shape index (κ2) is 7.90. The van der Waals surface area contributed by atoms with Crippen LogP contribution in [0.4, 0.5) is 13.2 Å². The highest BCUT2D eigenvalue weighted by Crippen LogP contribution is 2.34. The van der Waals surface area contributed by atoms with Crippen molar-refractivity contribution in [1.29, 1.82) is 0 Å². The molecule has 1 fully saturated rings. The molecule has 1 aromatic carbocycles. The number of piperidine rings is 1. The smallest absolute Gasteiger partial charge is 0.404 e. The minimum absolute atomic E-state index is 0. The minimum atomic E-state index is -4.96. The fourth-order valence-corrected chi connectivity index (χ4v) is 4.64. The van der Waals surface area contributed by atoms with Crippen LogP contribution < -0.4 is 10.5 Å². The molecule has 2 atom stereocenters. The third-order valence-corrected chi connectivity index (χ3v) is 5.73. The van der Waals surface area contributed by atoms with Crippen LogP contribution in [0.15, 0.2) is 29.2 Å². The Hall–Kier alpha value is -1.03. The number of halogens is 4. The summed E-state index contributed by atoms with van der Waals surface area (Å²) in [6, 6.07) is 3.91. The molecule has 0 amide bonds. The predicted molar refractivity (Wildman–Crippen MR) is 85.6 cm³/mol. The van der Waals surface area contributed by atoms with Gasteiger partial charge in [0.1, 0.15) is 10.6 Å². The van der Waals surface area contributed by atoms with E-state index in [4.69, 9.17) is 5.73 Å². The van der Waals surface area contributed by atoms with Crippen LogP contribution in [0.1, 0.15) is 26.2 Å². The molecule has 24 heavy (non-hydrogen) atoms. The zero-order valence-electron chi connectivity index (χ0n) is 13.0. The summed E-state index contributed by atoms with van der Waals surface area (Å²) >= 11 is 0. The molecule has 5 nitrogen and oxygen atoms in total. The van der Waals surface area contributed by atoms with Gasteiger partial charge in [-0.2, -0.15) is 4.31 Å². The van der Waals surface area contributed by atoms with Crippen molar-refractivity contribution in [1.82, 2.24) is 4.31 Å². The standard InChI is InChI=1S/C14H19F3N2O3S.ClH/c1-10(18)11-6-4-5-9-19(11)23(20,21)13-8-3-2-7-12(13)22-14(15,16)17;/h2-3,7-8,10-11H,4-6,9,18H2,1H3;1H. The normalized spacial score (nSPS) is 21.0. The van der Waals surface area contributed by atoms with Crippen LogP contribution in [0.5, 0.6) is 5.75 Å². The molecule has 2 rings (SSSR count). The molecular weight excluding hydrogens is 369 g/mol. The van der Waals surface area contributed by atoms with Gasteiger partial charge in [-0.1, -0.05) is 18.6 Å². The van der Waals surface area contributed by atoms with Crippen molar-refractivity contribution in [3.8, 4) is 5.75 Å². The van der Waals surface area contributed by atoms with E-state index >= 15 is 0 Å². The van der Waals surface area contributed by atoms with Gasteiger partial charge < -0.3 is 10.5 Å². The zero-order chi connectivity index (χ0) is 17.3. The molecule has 0 saturated carbocycles. The summed E-state index contributed by atoms with van der Waals surface area (Å²) in [5.74, 6) is -0.728. The summed E-state index contributed by atoms with van der Waals surface area (Å²) in [5.41, 5.74) is 5.85. The van der Waals surface area contributed by atoms with E-state index < -0.39 is 39.1 Å². The molecule has 1 saturated heterocycles. The molecule has 1 heterocycles. The number of nitrogens with zero attached hydrogens (tertiary/aromatic N) is 1. The number of hydrogen-bond acceptors (Lipinski definition) is 4. The maximum absolute atomic E-state index is 12.8. The van der Waals surface area contributed by atoms with E-state index in [0.717, 1.165) is 18.6 Å². The van der Waals surface area contributed by atoms with Gasteiger partial charge in [0.05, 0.1) is 0 Å². The van der Waals surface area contributed by atoms with E-state index in [-0.39, 0.29) is 19.0 Å². The molecule has 138 valence electrons. The van der Waals surface area contributed by atoms with Gasteiger partial charge in [-0.3, -0.25) is 0 Å². The Kier molecular flexibility index (Phi) is 6.92. The number of benzene rings is 1. The second-order valence-electron chi connectivity index (χ2n) is 5.53. The molecule has 1 aromatic rings. The van der Waals surface area contributed by atoms with E-state index in [1.54, 1.807) is 6.92 Å². The number of hydrogen-bond donors (Lipinski definition) is 1. The lowest BCUT2D eigenvalue weighted by atomic mass is 10.00. The van der Waals surface area contributed by atoms with Gasteiger partial charge in [0.2, 0.25) is 10.0 Å². The van der Waals surface area contributed by atoms with Crippen molar-refractivity contribution in [2.24, 2.45) is 5.73 Å². The minimum Gasteiger partial charge on any atom is -0.404 e. The largest absolute Gasteiger partial charge is 0.573 e. The molecular formula is C14H20ClF3N2O3S. The first-order valence-electron chi connectivity index (χ1n) is 7.25. The van der Waals surface area contributed by atoms with E-state index in [2.05, 4.69) is 4.74 Å². The Labute approximate surface area is 145 Å². The Morgan fingerprint density at radius 1 is 1.29 bits per heavy atom. The number of ether oxygens (including phenoxy) is 1. The quantitative estimate of drug-likeness (QED) is 0.860. The highest BCUT2D eigenvalue weighted by Gasteiger charge is 2.39. The van der Waals surface area contributed by atoms with Gasteiger partial charge in [0.25, 0.3) is 0 Å². The Bertz CT molecular complexity index is 653. The SMILES string of the molecule is CC(N)C1CCCCN1S(=O)(=O)c1ccccc1OC(F)(F)F.Cl. The second-order valence-corrected chi connectivity index (χ2v) is 7.39. The molecule has 0 aromatic heterocycles. The summed E-state index contributed by atoms with van der Waals surface area (Å²) in [7, 11) is -4.13. The maximum atomic E-state index is 12.8. The number of nitrogens with two attached hydrogens (primary N) is 1. The molecule has 0 radical (unpaired) electrons. The van der Waals surface area contributed by atoms with Gasteiger partial charge in [-0.05, 0) is 31.9 Å². The maximum Gasteiger partial charge on any atom is 0.573 e. The lowest BCUT2D eigenvalue weighted by Crippen LogP contribution is -2.51. The van der Waals surface area contributed by atoms with Crippen LogP contribution in [-0.4, -0.2) is 37.7 Å². The summed E-state index contributed by atoms with van der Waals surface area (Å²) in [4.78, 5) is -0.495. The van der Waals surface area contributed by atoms with Crippen molar-refractivity contribution in [2.45, 2.75) is 49.5 Å². The first-order chi connectivity index (χ1) is 10.6. The number of rotatable bonds is 4. The number of para-hydroxylation sites is 1. The van der Waals surface area contributed by atoms with Crippen LogP contribution in [0, 0.1) is 0 Å². The molecule has 0 bridgehead atoms. The van der Waals surface area contributed by atoms with Gasteiger partial charge >= 0.3 is 6.36 Å². The van der Waals surface area contributed by atoms with Crippen molar-refractivity contribution in [2.75, 3.05) is 6.54 Å². The van der Waals surface area contributed by atoms with Gasteiger partial charge in [-0.15, -0.1) is 25.6 Å². The summed E-state index contributed by atoms with van der Waals surface area (Å²) in [5, 5.41) is 0. The lowest BCUT2D eigenvalue weighted by molar-refractivity contribution is -0.275. The topological polar surface area (TPSA) is 72.6 Å². The Morgan fingerprint density at radius 2 is 1.92 bits per heavy atom. The molecule has 1 aliphatic heterocycles. The van der Waals surface area contributed by atoms with Crippen LogP contribution in [-0.2, 0) is 10.0 Å². The molecule has 2 N–H and O–H groups in total. The van der Waals surface area contributed by atoms with E-state index in [9.17, 15) is 21.6 Å². The summed E-state index contributed by atoms with van der Waals surface area (Å²) in [6.07, 6.45) is -2.91. The number of sulfonamides is 1. The first kappa shape index (κ1) is 21.0. The van der Waals surface area contributed by atoms with Crippen molar-refractivity contribution in [3.63, 3.8) is 0 Å². The molecule has 1 aliphatic rings. The fraction of sp³-hybridized carbons (Fsp3) is 0.571. The van der Waals surface area contributed by atoms with Gasteiger partial charge in [-0.25, -0.2) is 8.42 Å². The van der Waals surface area contributed by atoms with Crippen LogP contribution >= 0.6 is 12.4 Å². The molecule has 2 unspecified atom stereocenters. The average molecular weight is 389 g/mol. The monoisotopic (exact) mass is 388 g/mol.